The molecule has 3 aromatic rings. The Labute approximate surface area is 167 Å². The lowest BCUT2D eigenvalue weighted by Gasteiger charge is -2.32. The van der Waals surface area contributed by atoms with E-state index in [0.29, 0.717) is 48.3 Å². The zero-order valence-electron chi connectivity index (χ0n) is 16.2. The van der Waals surface area contributed by atoms with E-state index in [-0.39, 0.29) is 17.2 Å². The molecule has 1 aliphatic heterocycles. The number of carbonyl (C=O) groups is 2. The normalized spacial score (nSPS) is 20.2. The van der Waals surface area contributed by atoms with Crippen LogP contribution in [-0.4, -0.2) is 46.3 Å². The Morgan fingerprint density at radius 2 is 2.17 bits per heavy atom. The molecule has 1 saturated heterocycles. The third kappa shape index (κ3) is 3.18. The molecule has 8 heteroatoms. The van der Waals surface area contributed by atoms with Gasteiger partial charge in [-0.3, -0.25) is 14.6 Å². The van der Waals surface area contributed by atoms with Crippen molar-refractivity contribution in [1.82, 2.24) is 20.2 Å². The highest BCUT2D eigenvalue weighted by Crippen LogP contribution is 2.59. The van der Waals surface area contributed by atoms with E-state index < -0.39 is 0 Å². The van der Waals surface area contributed by atoms with Crippen molar-refractivity contribution in [3.63, 3.8) is 0 Å². The number of hydrogen-bond acceptors (Lipinski definition) is 6. The van der Waals surface area contributed by atoms with Crippen LogP contribution in [0.2, 0.25) is 0 Å². The van der Waals surface area contributed by atoms with Crippen molar-refractivity contribution >= 4 is 22.8 Å². The van der Waals surface area contributed by atoms with Crippen molar-refractivity contribution in [3.05, 3.63) is 48.1 Å². The quantitative estimate of drug-likeness (QED) is 0.730. The minimum atomic E-state index is -0.198. The molecular weight excluding hydrogens is 372 g/mol. The SMILES string of the molecule is Cc1ncoc1C(=O)N1CCC2(CC1)CC2CNC(=O)c1cc2ccncc2o1. The second-order valence-corrected chi connectivity index (χ2v) is 8.06. The summed E-state index contributed by atoms with van der Waals surface area (Å²) in [6.07, 6.45) is 7.57. The first-order valence-electron chi connectivity index (χ1n) is 9.87. The first-order valence-corrected chi connectivity index (χ1v) is 9.87. The maximum atomic E-state index is 12.6. The molecule has 0 bridgehead atoms. The third-order valence-corrected chi connectivity index (χ3v) is 6.40. The minimum absolute atomic E-state index is 0.0836. The zero-order valence-corrected chi connectivity index (χ0v) is 16.2. The first-order chi connectivity index (χ1) is 14.1. The minimum Gasteiger partial charge on any atom is -0.449 e. The first kappa shape index (κ1) is 17.9. The molecule has 0 aromatic carbocycles. The van der Waals surface area contributed by atoms with Crippen LogP contribution in [0, 0.1) is 18.3 Å². The number of nitrogens with zero attached hydrogens (tertiary/aromatic N) is 3. The molecule has 1 atom stereocenters. The summed E-state index contributed by atoms with van der Waals surface area (Å²) in [5, 5.41) is 3.87. The van der Waals surface area contributed by atoms with Crippen LogP contribution in [0.15, 0.2) is 39.8 Å². The number of carbonyl (C=O) groups excluding carboxylic acids is 2. The molecule has 3 aromatic heterocycles. The van der Waals surface area contributed by atoms with Gasteiger partial charge in [-0.15, -0.1) is 0 Å². The van der Waals surface area contributed by atoms with E-state index in [2.05, 4.69) is 15.3 Å². The highest BCUT2D eigenvalue weighted by atomic mass is 16.4. The van der Waals surface area contributed by atoms with Crippen molar-refractivity contribution in [2.24, 2.45) is 11.3 Å². The van der Waals surface area contributed by atoms with Gasteiger partial charge in [-0.2, -0.15) is 0 Å². The van der Waals surface area contributed by atoms with Crippen LogP contribution in [-0.2, 0) is 0 Å². The monoisotopic (exact) mass is 394 g/mol. The second kappa shape index (κ2) is 6.72. The number of likely N-dealkylation sites (tertiary alicyclic amines) is 1. The van der Waals surface area contributed by atoms with Gasteiger partial charge in [0.2, 0.25) is 5.76 Å². The number of furan rings is 1. The Kier molecular flexibility index (Phi) is 4.15. The summed E-state index contributed by atoms with van der Waals surface area (Å²) in [5.74, 6) is 0.810. The highest BCUT2D eigenvalue weighted by Gasteiger charge is 2.55. The summed E-state index contributed by atoms with van der Waals surface area (Å²) < 4.78 is 10.8. The van der Waals surface area contributed by atoms with E-state index in [0.717, 1.165) is 24.6 Å². The Hall–Kier alpha value is -3.16. The number of oxazole rings is 1. The van der Waals surface area contributed by atoms with Crippen LogP contribution in [0.4, 0.5) is 0 Å². The molecule has 1 N–H and O–H groups in total. The highest BCUT2D eigenvalue weighted by molar-refractivity contribution is 5.96. The average molecular weight is 394 g/mol. The Balaban J connectivity index is 1.14. The number of hydrogen-bond donors (Lipinski definition) is 1. The lowest BCUT2D eigenvalue weighted by atomic mass is 9.90. The molecule has 1 spiro atoms. The van der Waals surface area contributed by atoms with E-state index >= 15 is 0 Å². The van der Waals surface area contributed by atoms with Crippen LogP contribution in [0.1, 0.15) is 46.1 Å². The maximum absolute atomic E-state index is 12.6. The van der Waals surface area contributed by atoms with Crippen LogP contribution < -0.4 is 5.32 Å². The average Bonchev–Trinajstić information content (AvgIpc) is 3.08. The molecule has 1 aliphatic carbocycles. The van der Waals surface area contributed by atoms with Crippen molar-refractivity contribution in [2.45, 2.75) is 26.2 Å². The fourth-order valence-electron chi connectivity index (χ4n) is 4.44. The summed E-state index contributed by atoms with van der Waals surface area (Å²) in [6, 6.07) is 3.56. The lowest BCUT2D eigenvalue weighted by molar-refractivity contribution is 0.0636. The number of amides is 2. The van der Waals surface area contributed by atoms with Gasteiger partial charge < -0.3 is 19.1 Å². The molecule has 29 heavy (non-hydrogen) atoms. The van der Waals surface area contributed by atoms with Gasteiger partial charge in [0.05, 0.1) is 11.9 Å². The van der Waals surface area contributed by atoms with E-state index in [1.807, 2.05) is 11.0 Å². The summed E-state index contributed by atoms with van der Waals surface area (Å²) in [6.45, 7) is 3.82. The van der Waals surface area contributed by atoms with Gasteiger partial charge in [-0.05, 0) is 49.7 Å². The van der Waals surface area contributed by atoms with E-state index in [1.54, 1.807) is 25.4 Å². The predicted octanol–water partition coefficient (Wildman–Crippen LogP) is 2.80. The number of aryl methyl sites for hydroxylation is 1. The molecular formula is C21H22N4O4. The van der Waals surface area contributed by atoms with Gasteiger partial charge in [-0.1, -0.05) is 0 Å². The summed E-state index contributed by atoms with van der Waals surface area (Å²) >= 11 is 0. The molecule has 4 heterocycles. The van der Waals surface area contributed by atoms with Gasteiger partial charge in [0.15, 0.2) is 17.7 Å². The van der Waals surface area contributed by atoms with Crippen LogP contribution in [0.3, 0.4) is 0 Å². The number of nitrogens with one attached hydrogen (secondary N) is 1. The molecule has 1 saturated carbocycles. The Bertz CT molecular complexity index is 1040. The number of aromatic nitrogens is 2. The number of fused-ring (bicyclic) bond motifs is 1. The van der Waals surface area contributed by atoms with Crippen molar-refractivity contribution in [1.29, 1.82) is 0 Å². The lowest BCUT2D eigenvalue weighted by Crippen LogP contribution is -2.40. The van der Waals surface area contributed by atoms with Crippen molar-refractivity contribution in [2.75, 3.05) is 19.6 Å². The standard InChI is InChI=1S/C21H22N4O4/c1-13-18(28-12-24-13)20(27)25-6-3-21(4-7-25)9-15(21)10-23-19(26)16-8-14-2-5-22-11-17(14)29-16/h2,5,8,11-12,15H,3-4,6-7,9-10H2,1H3,(H,23,26). The molecule has 5 rings (SSSR count). The molecule has 150 valence electrons. The van der Waals surface area contributed by atoms with Crippen molar-refractivity contribution in [3.8, 4) is 0 Å². The molecule has 1 unspecified atom stereocenters. The molecule has 2 aliphatic rings. The van der Waals surface area contributed by atoms with Crippen molar-refractivity contribution < 1.29 is 18.4 Å². The van der Waals surface area contributed by atoms with Crippen LogP contribution in [0.25, 0.3) is 11.0 Å². The fraction of sp³-hybridized carbons (Fsp3) is 0.429. The van der Waals surface area contributed by atoms with E-state index in [1.165, 1.54) is 6.39 Å². The molecule has 0 radical (unpaired) electrons. The summed E-state index contributed by atoms with van der Waals surface area (Å²) in [7, 11) is 0. The topological polar surface area (TPSA) is 101 Å². The van der Waals surface area contributed by atoms with Gasteiger partial charge in [0.25, 0.3) is 11.8 Å². The van der Waals surface area contributed by atoms with Crippen LogP contribution >= 0.6 is 0 Å². The van der Waals surface area contributed by atoms with Gasteiger partial charge >= 0.3 is 0 Å². The van der Waals surface area contributed by atoms with Crippen LogP contribution in [0.5, 0.6) is 0 Å². The van der Waals surface area contributed by atoms with E-state index in [9.17, 15) is 9.59 Å². The number of rotatable bonds is 4. The number of piperidine rings is 1. The predicted molar refractivity (Wildman–Crippen MR) is 103 cm³/mol. The zero-order chi connectivity index (χ0) is 20.0. The number of pyridine rings is 1. The summed E-state index contributed by atoms with van der Waals surface area (Å²) in [4.78, 5) is 34.8. The largest absolute Gasteiger partial charge is 0.449 e. The molecule has 2 amide bonds. The fourth-order valence-corrected chi connectivity index (χ4v) is 4.44. The van der Waals surface area contributed by atoms with E-state index in [4.69, 9.17) is 8.83 Å². The third-order valence-electron chi connectivity index (χ3n) is 6.40. The Morgan fingerprint density at radius 1 is 1.34 bits per heavy atom. The second-order valence-electron chi connectivity index (χ2n) is 8.06. The van der Waals surface area contributed by atoms with Gasteiger partial charge in [0, 0.05) is 31.2 Å². The Morgan fingerprint density at radius 3 is 2.90 bits per heavy atom. The van der Waals surface area contributed by atoms with Gasteiger partial charge in [0.1, 0.15) is 0 Å². The molecule has 2 fully saturated rings. The molecule has 8 nitrogen and oxygen atoms in total. The smallest absolute Gasteiger partial charge is 0.291 e. The van der Waals surface area contributed by atoms with Gasteiger partial charge in [-0.25, -0.2) is 4.98 Å². The summed E-state index contributed by atoms with van der Waals surface area (Å²) in [5.41, 5.74) is 1.47. The maximum Gasteiger partial charge on any atom is 0.291 e.